The van der Waals surface area contributed by atoms with Gasteiger partial charge in [0, 0.05) is 0 Å². The monoisotopic (exact) mass is 234 g/mol. The van der Waals surface area contributed by atoms with Crippen molar-refractivity contribution in [2.24, 2.45) is 0 Å². The summed E-state index contributed by atoms with van der Waals surface area (Å²) in [6, 6.07) is 7.92. The summed E-state index contributed by atoms with van der Waals surface area (Å²) in [7, 11) is 1.67. The molecule has 0 unspecified atom stereocenters. The summed E-state index contributed by atoms with van der Waals surface area (Å²) in [5, 5.41) is 0. The minimum absolute atomic E-state index is 0.123. The number of methoxy groups -OCH3 is 1. The van der Waals surface area contributed by atoms with E-state index in [9.17, 15) is 0 Å². The van der Waals surface area contributed by atoms with E-state index >= 15 is 0 Å². The van der Waals surface area contributed by atoms with Crippen molar-refractivity contribution in [1.29, 1.82) is 0 Å². The first kappa shape index (κ1) is 12.0. The molecule has 92 valence electrons. The van der Waals surface area contributed by atoms with Crippen molar-refractivity contribution in [1.82, 2.24) is 0 Å². The molecule has 0 saturated heterocycles. The van der Waals surface area contributed by atoms with E-state index in [1.165, 1.54) is 0 Å². The van der Waals surface area contributed by atoms with E-state index in [4.69, 9.17) is 14.2 Å². The zero-order valence-corrected chi connectivity index (χ0v) is 10.3. The summed E-state index contributed by atoms with van der Waals surface area (Å²) in [5.74, 6) is 0.867. The summed E-state index contributed by atoms with van der Waals surface area (Å²) in [4.78, 5) is 0. The zero-order valence-electron chi connectivity index (χ0n) is 10.3. The summed E-state index contributed by atoms with van der Waals surface area (Å²) in [6.45, 7) is 2.64. The molecule has 3 heteroatoms. The quantitative estimate of drug-likeness (QED) is 0.801. The van der Waals surface area contributed by atoms with E-state index in [0.717, 1.165) is 17.7 Å². The molecule has 1 aromatic carbocycles. The highest BCUT2D eigenvalue weighted by Crippen LogP contribution is 2.18. The molecule has 0 bridgehead atoms. The Hall–Kier alpha value is -1.48. The highest BCUT2D eigenvalue weighted by atomic mass is 16.5. The van der Waals surface area contributed by atoms with Crippen molar-refractivity contribution in [2.75, 3.05) is 7.11 Å². The predicted octanol–water partition coefficient (Wildman–Crippen LogP) is 2.90. The second kappa shape index (κ2) is 5.73. The Morgan fingerprint density at radius 3 is 2.71 bits per heavy atom. The minimum Gasteiger partial charge on any atom is -0.497 e. The second-order valence-corrected chi connectivity index (χ2v) is 4.15. The van der Waals surface area contributed by atoms with Crippen LogP contribution in [-0.2, 0) is 16.1 Å². The molecule has 0 N–H and O–H groups in total. The third kappa shape index (κ3) is 3.24. The molecule has 2 rings (SSSR count). The molecule has 0 aliphatic carbocycles. The van der Waals surface area contributed by atoms with Gasteiger partial charge in [0.2, 0.25) is 0 Å². The number of benzene rings is 1. The summed E-state index contributed by atoms with van der Waals surface area (Å²) in [5.41, 5.74) is 1.15. The lowest BCUT2D eigenvalue weighted by molar-refractivity contribution is -0.0504. The van der Waals surface area contributed by atoms with Gasteiger partial charge in [0.05, 0.1) is 26.1 Å². The van der Waals surface area contributed by atoms with Gasteiger partial charge in [-0.2, -0.15) is 0 Å². The molecule has 3 nitrogen and oxygen atoms in total. The molecule has 0 spiro atoms. The van der Waals surface area contributed by atoms with E-state index in [2.05, 4.69) is 0 Å². The molecule has 17 heavy (non-hydrogen) atoms. The van der Waals surface area contributed by atoms with Crippen LogP contribution in [0.15, 0.2) is 36.6 Å². The van der Waals surface area contributed by atoms with Crippen molar-refractivity contribution in [3.63, 3.8) is 0 Å². The van der Waals surface area contributed by atoms with Gasteiger partial charge in [0.25, 0.3) is 0 Å². The van der Waals surface area contributed by atoms with E-state index in [-0.39, 0.29) is 12.2 Å². The maximum atomic E-state index is 5.84. The summed E-state index contributed by atoms with van der Waals surface area (Å²) >= 11 is 0. The maximum absolute atomic E-state index is 5.84. The van der Waals surface area contributed by atoms with Gasteiger partial charge in [-0.1, -0.05) is 12.1 Å². The minimum atomic E-state index is 0.123. The molecule has 2 atom stereocenters. The number of rotatable bonds is 4. The standard InChI is InChI=1S/C14H18O3/c1-11-14(4-3-9-16-11)17-10-12-5-7-13(15-2)8-6-12/h3,5-9,11,14H,4,10H2,1-2H3/t11-,14-/m0/s1. The molecular weight excluding hydrogens is 216 g/mol. The number of ether oxygens (including phenoxy) is 3. The van der Waals surface area contributed by atoms with Crippen molar-refractivity contribution in [3.8, 4) is 5.75 Å². The van der Waals surface area contributed by atoms with Crippen LogP contribution in [0.1, 0.15) is 18.9 Å². The van der Waals surface area contributed by atoms with Crippen molar-refractivity contribution >= 4 is 0 Å². The molecule has 0 saturated carbocycles. The van der Waals surface area contributed by atoms with Crippen LogP contribution in [-0.4, -0.2) is 19.3 Å². The Labute approximate surface area is 102 Å². The Kier molecular flexibility index (Phi) is 4.04. The van der Waals surface area contributed by atoms with Crippen LogP contribution in [0.4, 0.5) is 0 Å². The molecule has 1 aromatic rings. The van der Waals surface area contributed by atoms with Crippen LogP contribution in [0.5, 0.6) is 5.75 Å². The molecule has 0 aromatic heterocycles. The van der Waals surface area contributed by atoms with E-state index < -0.39 is 0 Å². The molecule has 0 radical (unpaired) electrons. The van der Waals surface area contributed by atoms with Crippen molar-refractivity contribution in [2.45, 2.75) is 32.2 Å². The fraction of sp³-hybridized carbons (Fsp3) is 0.429. The van der Waals surface area contributed by atoms with Gasteiger partial charge in [-0.3, -0.25) is 0 Å². The van der Waals surface area contributed by atoms with Gasteiger partial charge < -0.3 is 14.2 Å². The number of hydrogen-bond acceptors (Lipinski definition) is 3. The SMILES string of the molecule is COc1ccc(CO[C@H]2CC=CO[C@H]2C)cc1. The average molecular weight is 234 g/mol. The third-order valence-electron chi connectivity index (χ3n) is 2.90. The number of hydrogen-bond donors (Lipinski definition) is 0. The predicted molar refractivity (Wildman–Crippen MR) is 65.9 cm³/mol. The third-order valence-corrected chi connectivity index (χ3v) is 2.90. The molecule has 0 fully saturated rings. The first-order valence-electron chi connectivity index (χ1n) is 5.84. The Bertz CT molecular complexity index is 370. The Morgan fingerprint density at radius 2 is 2.06 bits per heavy atom. The maximum Gasteiger partial charge on any atom is 0.121 e. The van der Waals surface area contributed by atoms with Gasteiger partial charge in [0.1, 0.15) is 11.9 Å². The van der Waals surface area contributed by atoms with Crippen LogP contribution in [0, 0.1) is 0 Å². The topological polar surface area (TPSA) is 27.7 Å². The van der Waals surface area contributed by atoms with E-state index in [0.29, 0.717) is 6.61 Å². The first-order chi connectivity index (χ1) is 8.29. The van der Waals surface area contributed by atoms with Crippen molar-refractivity contribution < 1.29 is 14.2 Å². The van der Waals surface area contributed by atoms with Gasteiger partial charge in [0.15, 0.2) is 0 Å². The fourth-order valence-electron chi connectivity index (χ4n) is 1.78. The lowest BCUT2D eigenvalue weighted by atomic mass is 10.1. The fourth-order valence-corrected chi connectivity index (χ4v) is 1.78. The molecule has 0 amide bonds. The summed E-state index contributed by atoms with van der Waals surface area (Å²) in [6.07, 6.45) is 4.92. The van der Waals surface area contributed by atoms with Gasteiger partial charge >= 0.3 is 0 Å². The van der Waals surface area contributed by atoms with Crippen LogP contribution < -0.4 is 4.74 Å². The molecule has 1 aliphatic rings. The first-order valence-corrected chi connectivity index (χ1v) is 5.84. The van der Waals surface area contributed by atoms with E-state index in [1.807, 2.05) is 37.3 Å². The summed E-state index contributed by atoms with van der Waals surface area (Å²) < 4.78 is 16.3. The molecule has 1 heterocycles. The Morgan fingerprint density at radius 1 is 1.29 bits per heavy atom. The Balaban J connectivity index is 1.86. The average Bonchev–Trinajstić information content (AvgIpc) is 2.38. The van der Waals surface area contributed by atoms with Crippen molar-refractivity contribution in [3.05, 3.63) is 42.2 Å². The molecule has 1 aliphatic heterocycles. The van der Waals surface area contributed by atoms with Gasteiger partial charge in [-0.05, 0) is 37.1 Å². The highest BCUT2D eigenvalue weighted by Gasteiger charge is 2.19. The lowest BCUT2D eigenvalue weighted by Gasteiger charge is -2.26. The highest BCUT2D eigenvalue weighted by molar-refractivity contribution is 5.26. The van der Waals surface area contributed by atoms with E-state index in [1.54, 1.807) is 13.4 Å². The lowest BCUT2D eigenvalue weighted by Crippen LogP contribution is -2.29. The largest absolute Gasteiger partial charge is 0.497 e. The molecular formula is C14H18O3. The van der Waals surface area contributed by atoms with Crippen LogP contribution >= 0.6 is 0 Å². The normalized spacial score (nSPS) is 23.2. The van der Waals surface area contributed by atoms with Crippen LogP contribution in [0.3, 0.4) is 0 Å². The second-order valence-electron chi connectivity index (χ2n) is 4.15. The zero-order chi connectivity index (χ0) is 12.1. The van der Waals surface area contributed by atoms with Gasteiger partial charge in [-0.25, -0.2) is 0 Å². The van der Waals surface area contributed by atoms with Crippen LogP contribution in [0.2, 0.25) is 0 Å². The van der Waals surface area contributed by atoms with Gasteiger partial charge in [-0.15, -0.1) is 0 Å². The smallest absolute Gasteiger partial charge is 0.121 e. The van der Waals surface area contributed by atoms with Crippen LogP contribution in [0.25, 0.3) is 0 Å².